The van der Waals surface area contributed by atoms with E-state index < -0.39 is 4.87 Å². The highest BCUT2D eigenvalue weighted by Crippen LogP contribution is 2.60. The first-order chi connectivity index (χ1) is 15.7. The minimum atomic E-state index is -1.18. The number of carbonyl (C=O) groups excluding carboxylic acids is 2. The average molecular weight is 481 g/mol. The van der Waals surface area contributed by atoms with Crippen LogP contribution in [0.1, 0.15) is 35.3 Å². The topological polar surface area (TPSA) is 40.6 Å². The van der Waals surface area contributed by atoms with E-state index in [0.29, 0.717) is 17.1 Å². The number of amides is 2. The van der Waals surface area contributed by atoms with Gasteiger partial charge < -0.3 is 9.80 Å². The third-order valence-electron chi connectivity index (χ3n) is 6.01. The molecule has 0 radical (unpaired) electrons. The summed E-state index contributed by atoms with van der Waals surface area (Å²) in [5, 5.41) is 0.470. The predicted molar refractivity (Wildman–Crippen MR) is 130 cm³/mol. The number of thioether (sulfide) groups is 1. The first-order valence-electron chi connectivity index (χ1n) is 10.6. The normalized spacial score (nSPS) is 21.0. The minimum Gasteiger partial charge on any atom is -0.310 e. The van der Waals surface area contributed by atoms with Crippen LogP contribution in [0.2, 0.25) is 5.02 Å². The van der Waals surface area contributed by atoms with E-state index in [0.717, 1.165) is 16.8 Å². The molecule has 0 aromatic heterocycles. The molecule has 4 nitrogen and oxygen atoms in total. The van der Waals surface area contributed by atoms with Gasteiger partial charge in [-0.05, 0) is 55.8 Å². The average Bonchev–Trinajstić information content (AvgIpc) is 3.21. The molecule has 168 valence electrons. The fraction of sp³-hybridized carbons (Fsp3) is 0.231. The lowest BCUT2D eigenvalue weighted by Crippen LogP contribution is -2.50. The molecule has 1 saturated heterocycles. The summed E-state index contributed by atoms with van der Waals surface area (Å²) in [7, 11) is 0. The SMILES string of the molecule is CC1(C)CN(C(=O)c2cccc(Cl)c2)C2(S1)C(=O)N(Cc1ccc(F)cc1)c1ccccc12. The molecule has 0 saturated carbocycles. The van der Waals surface area contributed by atoms with E-state index in [9.17, 15) is 14.0 Å². The molecule has 0 aliphatic carbocycles. The molecule has 0 N–H and O–H groups in total. The lowest BCUT2D eigenvalue weighted by molar-refractivity contribution is -0.123. The van der Waals surface area contributed by atoms with E-state index in [1.165, 1.54) is 23.9 Å². The Balaban J connectivity index is 1.62. The van der Waals surface area contributed by atoms with Gasteiger partial charge in [0.15, 0.2) is 4.87 Å². The summed E-state index contributed by atoms with van der Waals surface area (Å²) in [6, 6.07) is 20.5. The van der Waals surface area contributed by atoms with Crippen molar-refractivity contribution in [2.75, 3.05) is 11.4 Å². The van der Waals surface area contributed by atoms with Crippen LogP contribution >= 0.6 is 23.4 Å². The first kappa shape index (κ1) is 22.0. The maximum atomic E-state index is 14.2. The Labute approximate surface area is 201 Å². The van der Waals surface area contributed by atoms with Gasteiger partial charge in [0, 0.05) is 27.4 Å². The van der Waals surface area contributed by atoms with E-state index >= 15 is 0 Å². The Hall–Kier alpha value is -2.83. The minimum absolute atomic E-state index is 0.168. The molecule has 33 heavy (non-hydrogen) atoms. The standard InChI is InChI=1S/C26H22ClFN2O2S/c1-25(2)16-30(23(31)18-6-5-7-19(27)14-18)26(33-25)21-8-3-4-9-22(21)29(24(26)32)15-17-10-12-20(28)13-11-17/h3-14H,15-16H2,1-2H3. The lowest BCUT2D eigenvalue weighted by atomic mass is 10.0. The molecule has 2 aliphatic rings. The number of anilines is 1. The zero-order valence-corrected chi connectivity index (χ0v) is 19.8. The summed E-state index contributed by atoms with van der Waals surface area (Å²) in [6.45, 7) is 4.79. The summed E-state index contributed by atoms with van der Waals surface area (Å²) in [5.74, 6) is -0.726. The van der Waals surface area contributed by atoms with Crippen molar-refractivity contribution in [1.82, 2.24) is 4.90 Å². The number of benzene rings is 3. The van der Waals surface area contributed by atoms with Gasteiger partial charge in [-0.2, -0.15) is 0 Å². The number of hydrogen-bond donors (Lipinski definition) is 0. The summed E-state index contributed by atoms with van der Waals surface area (Å²) in [4.78, 5) is 30.1. The van der Waals surface area contributed by atoms with E-state index in [1.807, 2.05) is 38.1 Å². The highest BCUT2D eigenvalue weighted by atomic mass is 35.5. The maximum Gasteiger partial charge on any atom is 0.268 e. The quantitative estimate of drug-likeness (QED) is 0.472. The van der Waals surface area contributed by atoms with Crippen molar-refractivity contribution < 1.29 is 14.0 Å². The van der Waals surface area contributed by atoms with Gasteiger partial charge in [-0.1, -0.05) is 48.0 Å². The summed E-state index contributed by atoms with van der Waals surface area (Å²) >= 11 is 7.66. The number of hydrogen-bond acceptors (Lipinski definition) is 3. The monoisotopic (exact) mass is 480 g/mol. The van der Waals surface area contributed by atoms with Crippen molar-refractivity contribution in [2.45, 2.75) is 30.0 Å². The lowest BCUT2D eigenvalue weighted by Gasteiger charge is -2.33. The Morgan fingerprint density at radius 3 is 2.52 bits per heavy atom. The number of para-hydroxylation sites is 1. The van der Waals surface area contributed by atoms with Gasteiger partial charge >= 0.3 is 0 Å². The number of rotatable bonds is 3. The largest absolute Gasteiger partial charge is 0.310 e. The Morgan fingerprint density at radius 1 is 1.06 bits per heavy atom. The highest BCUT2D eigenvalue weighted by Gasteiger charge is 2.63. The predicted octanol–water partition coefficient (Wildman–Crippen LogP) is 5.85. The van der Waals surface area contributed by atoms with Gasteiger partial charge in [-0.15, -0.1) is 11.8 Å². The summed E-state index contributed by atoms with van der Waals surface area (Å²) in [6.07, 6.45) is 0. The van der Waals surface area contributed by atoms with Crippen LogP contribution < -0.4 is 4.90 Å². The van der Waals surface area contributed by atoms with Crippen LogP contribution in [0.3, 0.4) is 0 Å². The van der Waals surface area contributed by atoms with Crippen molar-refractivity contribution in [1.29, 1.82) is 0 Å². The first-order valence-corrected chi connectivity index (χ1v) is 11.8. The molecule has 1 fully saturated rings. The Morgan fingerprint density at radius 2 is 1.79 bits per heavy atom. The van der Waals surface area contributed by atoms with Crippen LogP contribution in [-0.4, -0.2) is 28.0 Å². The van der Waals surface area contributed by atoms with Crippen molar-refractivity contribution >= 4 is 40.9 Å². The molecule has 5 rings (SSSR count). The molecule has 0 bridgehead atoms. The summed E-state index contributed by atoms with van der Waals surface area (Å²) in [5.41, 5.74) is 2.82. The van der Waals surface area contributed by atoms with Crippen molar-refractivity contribution in [3.63, 3.8) is 0 Å². The van der Waals surface area contributed by atoms with Crippen LogP contribution in [0.4, 0.5) is 10.1 Å². The number of carbonyl (C=O) groups is 2. The zero-order valence-electron chi connectivity index (χ0n) is 18.2. The third kappa shape index (κ3) is 3.62. The van der Waals surface area contributed by atoms with E-state index in [4.69, 9.17) is 11.6 Å². The second-order valence-corrected chi connectivity index (χ2v) is 11.3. The molecule has 2 aliphatic heterocycles. The molecule has 1 atom stereocenters. The molecule has 1 unspecified atom stereocenters. The van der Waals surface area contributed by atoms with Gasteiger partial charge in [0.1, 0.15) is 5.82 Å². The van der Waals surface area contributed by atoms with Gasteiger partial charge in [-0.25, -0.2) is 4.39 Å². The second kappa shape index (κ2) is 7.89. The third-order valence-corrected chi connectivity index (χ3v) is 7.84. The zero-order chi connectivity index (χ0) is 23.4. The molecule has 2 amide bonds. The van der Waals surface area contributed by atoms with Crippen LogP contribution in [-0.2, 0) is 16.2 Å². The van der Waals surface area contributed by atoms with Crippen LogP contribution in [0, 0.1) is 5.82 Å². The number of fused-ring (bicyclic) bond motifs is 2. The smallest absolute Gasteiger partial charge is 0.268 e. The van der Waals surface area contributed by atoms with Crippen molar-refractivity contribution in [2.24, 2.45) is 0 Å². The number of halogens is 2. The summed E-state index contributed by atoms with van der Waals surface area (Å²) < 4.78 is 13.1. The number of nitrogens with zero attached hydrogens (tertiary/aromatic N) is 2. The molecular formula is C26H22ClFN2O2S. The fourth-order valence-electron chi connectivity index (χ4n) is 4.66. The molecular weight excluding hydrogens is 459 g/mol. The maximum absolute atomic E-state index is 14.2. The van der Waals surface area contributed by atoms with Crippen LogP contribution in [0.15, 0.2) is 72.8 Å². The van der Waals surface area contributed by atoms with E-state index in [2.05, 4.69) is 0 Å². The second-order valence-electron chi connectivity index (χ2n) is 8.94. The van der Waals surface area contributed by atoms with Gasteiger partial charge in [0.2, 0.25) is 0 Å². The van der Waals surface area contributed by atoms with Gasteiger partial charge in [0.05, 0.1) is 12.2 Å². The highest BCUT2D eigenvalue weighted by molar-refractivity contribution is 8.02. The van der Waals surface area contributed by atoms with Crippen molar-refractivity contribution in [3.05, 3.63) is 100 Å². The molecule has 2 heterocycles. The van der Waals surface area contributed by atoms with Gasteiger partial charge in [0.25, 0.3) is 11.8 Å². The molecule has 3 aromatic rings. The Kier molecular flexibility index (Phi) is 5.26. The van der Waals surface area contributed by atoms with Crippen molar-refractivity contribution in [3.8, 4) is 0 Å². The van der Waals surface area contributed by atoms with E-state index in [1.54, 1.807) is 46.2 Å². The molecule has 3 aromatic carbocycles. The molecule has 7 heteroatoms. The van der Waals surface area contributed by atoms with Crippen LogP contribution in [0.25, 0.3) is 0 Å². The van der Waals surface area contributed by atoms with Gasteiger partial charge in [-0.3, -0.25) is 9.59 Å². The fourth-order valence-corrected chi connectivity index (χ4v) is 6.58. The van der Waals surface area contributed by atoms with E-state index in [-0.39, 0.29) is 28.9 Å². The molecule has 1 spiro atoms. The van der Waals surface area contributed by atoms with Crippen LogP contribution in [0.5, 0.6) is 0 Å². The Bertz CT molecular complexity index is 1260.